The molecule has 0 aliphatic heterocycles. The van der Waals surface area contributed by atoms with Gasteiger partial charge in [0, 0.05) is 11.1 Å². The summed E-state index contributed by atoms with van der Waals surface area (Å²) in [5, 5.41) is 7.78. The van der Waals surface area contributed by atoms with Crippen LogP contribution in [0.25, 0.3) is 0 Å². The number of benzene rings is 2. The molecule has 3 rings (SSSR count). The number of halogens is 1. The van der Waals surface area contributed by atoms with Gasteiger partial charge in [-0.3, -0.25) is 4.79 Å². The van der Waals surface area contributed by atoms with E-state index >= 15 is 0 Å². The van der Waals surface area contributed by atoms with Crippen LogP contribution in [0.1, 0.15) is 18.1 Å². The first-order valence-corrected chi connectivity index (χ1v) is 8.70. The Morgan fingerprint density at radius 2 is 1.92 bits per heavy atom. The van der Waals surface area contributed by atoms with E-state index in [1.54, 1.807) is 23.9 Å². The largest absolute Gasteiger partial charge is 0.481 e. The Labute approximate surface area is 157 Å². The zero-order chi connectivity index (χ0) is 18.5. The molecule has 1 amide bonds. The van der Waals surface area contributed by atoms with Gasteiger partial charge in [-0.15, -0.1) is 0 Å². The van der Waals surface area contributed by atoms with Crippen LogP contribution in [0.4, 0.5) is 5.82 Å². The first-order valence-electron chi connectivity index (χ1n) is 8.32. The highest BCUT2D eigenvalue weighted by atomic mass is 35.5. The van der Waals surface area contributed by atoms with Crippen LogP contribution < -0.4 is 10.1 Å². The molecule has 6 heteroatoms. The molecule has 26 heavy (non-hydrogen) atoms. The zero-order valence-corrected chi connectivity index (χ0v) is 15.4. The topological polar surface area (TPSA) is 56.1 Å². The van der Waals surface area contributed by atoms with Gasteiger partial charge in [-0.2, -0.15) is 5.10 Å². The summed E-state index contributed by atoms with van der Waals surface area (Å²) in [5.74, 6) is 1.00. The lowest BCUT2D eigenvalue weighted by Crippen LogP contribution is -2.31. The van der Waals surface area contributed by atoms with Gasteiger partial charge in [0.15, 0.2) is 6.10 Å². The van der Waals surface area contributed by atoms with E-state index in [-0.39, 0.29) is 5.91 Å². The minimum atomic E-state index is -0.638. The average molecular weight is 370 g/mol. The molecule has 3 aromatic rings. The Balaban J connectivity index is 1.65. The molecule has 0 aliphatic carbocycles. The smallest absolute Gasteiger partial charge is 0.266 e. The maximum absolute atomic E-state index is 12.5. The van der Waals surface area contributed by atoms with Crippen molar-refractivity contribution >= 4 is 23.3 Å². The maximum Gasteiger partial charge on any atom is 0.266 e. The quantitative estimate of drug-likeness (QED) is 0.704. The Morgan fingerprint density at radius 3 is 2.65 bits per heavy atom. The van der Waals surface area contributed by atoms with Crippen LogP contribution in [-0.2, 0) is 11.3 Å². The molecule has 1 unspecified atom stereocenters. The van der Waals surface area contributed by atoms with Crippen LogP contribution in [-0.4, -0.2) is 21.8 Å². The van der Waals surface area contributed by atoms with Gasteiger partial charge >= 0.3 is 0 Å². The predicted octanol–water partition coefficient (Wildman–Crippen LogP) is 4.30. The first-order chi connectivity index (χ1) is 12.5. The molecule has 1 N–H and O–H groups in total. The molecule has 1 heterocycles. The minimum absolute atomic E-state index is 0.244. The number of nitrogens with one attached hydrogen (secondary N) is 1. The lowest BCUT2D eigenvalue weighted by molar-refractivity contribution is -0.122. The van der Waals surface area contributed by atoms with Gasteiger partial charge in [0.1, 0.15) is 11.6 Å². The molecule has 1 aromatic heterocycles. The van der Waals surface area contributed by atoms with Crippen molar-refractivity contribution in [3.05, 3.63) is 76.9 Å². The van der Waals surface area contributed by atoms with Crippen molar-refractivity contribution in [2.45, 2.75) is 26.5 Å². The van der Waals surface area contributed by atoms with E-state index in [0.29, 0.717) is 23.1 Å². The standard InChI is InChI=1S/C20H20ClN3O2/c1-14-7-9-17(10-8-14)26-15(2)20(25)23-19-11-12-22-24(19)13-16-5-3-4-6-18(16)21/h3-12,15H,13H2,1-2H3,(H,23,25). The summed E-state index contributed by atoms with van der Waals surface area (Å²) in [6, 6.07) is 16.9. The van der Waals surface area contributed by atoms with Gasteiger partial charge < -0.3 is 10.1 Å². The van der Waals surface area contributed by atoms with E-state index in [4.69, 9.17) is 16.3 Å². The molecular weight excluding hydrogens is 350 g/mol. The van der Waals surface area contributed by atoms with E-state index in [1.807, 2.05) is 55.5 Å². The molecule has 0 bridgehead atoms. The fourth-order valence-electron chi connectivity index (χ4n) is 2.46. The van der Waals surface area contributed by atoms with Crippen LogP contribution in [0.5, 0.6) is 5.75 Å². The SMILES string of the molecule is Cc1ccc(OC(C)C(=O)Nc2ccnn2Cc2ccccc2Cl)cc1. The van der Waals surface area contributed by atoms with E-state index in [9.17, 15) is 4.79 Å². The van der Waals surface area contributed by atoms with Crippen LogP contribution in [0.3, 0.4) is 0 Å². The molecule has 2 aromatic carbocycles. The number of rotatable bonds is 6. The van der Waals surface area contributed by atoms with Crippen molar-refractivity contribution in [2.24, 2.45) is 0 Å². The van der Waals surface area contributed by atoms with Crippen molar-refractivity contribution in [1.29, 1.82) is 0 Å². The highest BCUT2D eigenvalue weighted by molar-refractivity contribution is 6.31. The Bertz CT molecular complexity index is 890. The van der Waals surface area contributed by atoms with Gasteiger partial charge in [-0.05, 0) is 37.6 Å². The average Bonchev–Trinajstić information content (AvgIpc) is 3.05. The lowest BCUT2D eigenvalue weighted by Gasteiger charge is -2.16. The number of carbonyl (C=O) groups excluding carboxylic acids is 1. The highest BCUT2D eigenvalue weighted by Crippen LogP contribution is 2.19. The van der Waals surface area contributed by atoms with Crippen molar-refractivity contribution in [1.82, 2.24) is 9.78 Å². The molecule has 5 nitrogen and oxygen atoms in total. The summed E-state index contributed by atoms with van der Waals surface area (Å²) in [7, 11) is 0. The second kappa shape index (κ2) is 8.06. The van der Waals surface area contributed by atoms with E-state index in [1.165, 1.54) is 0 Å². The third-order valence-electron chi connectivity index (χ3n) is 3.95. The van der Waals surface area contributed by atoms with Crippen LogP contribution in [0.15, 0.2) is 60.8 Å². The number of amides is 1. The number of hydrogen-bond donors (Lipinski definition) is 1. The van der Waals surface area contributed by atoms with Gasteiger partial charge in [0.2, 0.25) is 0 Å². The second-order valence-corrected chi connectivity index (χ2v) is 6.44. The summed E-state index contributed by atoms with van der Waals surface area (Å²) in [6.45, 7) is 4.18. The molecule has 0 spiro atoms. The molecule has 0 saturated carbocycles. The predicted molar refractivity (Wildman–Crippen MR) is 103 cm³/mol. The molecule has 0 saturated heterocycles. The monoisotopic (exact) mass is 369 g/mol. The summed E-state index contributed by atoms with van der Waals surface area (Å²) in [4.78, 5) is 12.5. The van der Waals surface area contributed by atoms with Gasteiger partial charge in [-0.1, -0.05) is 47.5 Å². The van der Waals surface area contributed by atoms with Crippen molar-refractivity contribution in [3.63, 3.8) is 0 Å². The number of carbonyl (C=O) groups is 1. The van der Waals surface area contributed by atoms with Gasteiger partial charge in [-0.25, -0.2) is 4.68 Å². The molecule has 0 fully saturated rings. The summed E-state index contributed by atoms with van der Waals surface area (Å²) >= 11 is 6.20. The highest BCUT2D eigenvalue weighted by Gasteiger charge is 2.17. The van der Waals surface area contributed by atoms with Crippen molar-refractivity contribution in [2.75, 3.05) is 5.32 Å². The first kappa shape index (κ1) is 18.0. The molecule has 1 atom stereocenters. The maximum atomic E-state index is 12.5. The molecular formula is C20H20ClN3O2. The van der Waals surface area contributed by atoms with Crippen molar-refractivity contribution < 1.29 is 9.53 Å². The second-order valence-electron chi connectivity index (χ2n) is 6.03. The summed E-state index contributed by atoms with van der Waals surface area (Å²) < 4.78 is 7.39. The number of ether oxygens (including phenoxy) is 1. The Morgan fingerprint density at radius 1 is 1.19 bits per heavy atom. The number of hydrogen-bond acceptors (Lipinski definition) is 3. The number of aryl methyl sites for hydroxylation is 1. The van der Waals surface area contributed by atoms with Crippen LogP contribution in [0.2, 0.25) is 5.02 Å². The van der Waals surface area contributed by atoms with E-state index in [2.05, 4.69) is 10.4 Å². The number of anilines is 1. The van der Waals surface area contributed by atoms with E-state index < -0.39 is 6.10 Å². The molecule has 0 aliphatic rings. The van der Waals surface area contributed by atoms with E-state index in [0.717, 1.165) is 11.1 Å². The van der Waals surface area contributed by atoms with Crippen LogP contribution >= 0.6 is 11.6 Å². The number of aromatic nitrogens is 2. The minimum Gasteiger partial charge on any atom is -0.481 e. The normalized spacial score (nSPS) is 11.8. The fraction of sp³-hybridized carbons (Fsp3) is 0.200. The zero-order valence-electron chi connectivity index (χ0n) is 14.6. The summed E-state index contributed by atoms with van der Waals surface area (Å²) in [6.07, 6.45) is 0.999. The van der Waals surface area contributed by atoms with Gasteiger partial charge in [0.05, 0.1) is 12.7 Å². The Kier molecular flexibility index (Phi) is 5.58. The summed E-state index contributed by atoms with van der Waals surface area (Å²) in [5.41, 5.74) is 2.07. The number of nitrogens with zero attached hydrogens (tertiary/aromatic N) is 2. The Hall–Kier alpha value is -2.79. The van der Waals surface area contributed by atoms with Gasteiger partial charge in [0.25, 0.3) is 5.91 Å². The third-order valence-corrected chi connectivity index (χ3v) is 4.32. The third kappa shape index (κ3) is 4.43. The van der Waals surface area contributed by atoms with Crippen molar-refractivity contribution in [3.8, 4) is 5.75 Å². The van der Waals surface area contributed by atoms with Crippen LogP contribution in [0, 0.1) is 6.92 Å². The fourth-order valence-corrected chi connectivity index (χ4v) is 2.65. The molecule has 134 valence electrons. The molecule has 0 radical (unpaired) electrons. The lowest BCUT2D eigenvalue weighted by atomic mass is 10.2.